The number of esters is 1. The minimum atomic E-state index is -0.171. The Labute approximate surface area is 154 Å². The maximum atomic E-state index is 13.1. The number of allylic oxidation sites excluding steroid dienone is 1. The number of H-pyrrole nitrogens is 1. The van der Waals surface area contributed by atoms with Crippen LogP contribution in [0.5, 0.6) is 0 Å². The molecule has 1 saturated heterocycles. The van der Waals surface area contributed by atoms with Crippen molar-refractivity contribution < 1.29 is 14.3 Å². The number of hydrogen-bond acceptors (Lipinski definition) is 4. The third kappa shape index (κ3) is 2.85. The molecule has 1 aromatic heterocycles. The lowest BCUT2D eigenvalue weighted by Crippen LogP contribution is -2.37. The summed E-state index contributed by atoms with van der Waals surface area (Å²) in [6.45, 7) is 5.55. The Bertz CT molecular complexity index is 739. The molecule has 3 aliphatic rings. The topological polar surface area (TPSA) is 75.3 Å². The molecule has 1 aromatic rings. The molecule has 0 radical (unpaired) electrons. The van der Waals surface area contributed by atoms with Crippen LogP contribution in [0.4, 0.5) is 0 Å². The zero-order valence-electron chi connectivity index (χ0n) is 15.5. The van der Waals surface area contributed by atoms with E-state index in [-0.39, 0.29) is 35.5 Å². The van der Waals surface area contributed by atoms with Gasteiger partial charge < -0.3 is 9.64 Å². The lowest BCUT2D eigenvalue weighted by atomic mass is 9.72. The summed E-state index contributed by atoms with van der Waals surface area (Å²) in [6.07, 6.45) is 8.46. The van der Waals surface area contributed by atoms with Gasteiger partial charge >= 0.3 is 5.97 Å². The van der Waals surface area contributed by atoms with E-state index in [1.54, 1.807) is 0 Å². The minimum Gasteiger partial charge on any atom is -0.466 e. The van der Waals surface area contributed by atoms with Crippen molar-refractivity contribution in [2.75, 3.05) is 19.7 Å². The second-order valence-electron chi connectivity index (χ2n) is 7.80. The number of nitrogens with zero attached hydrogens (tertiary/aromatic N) is 2. The molecule has 0 unspecified atom stereocenters. The Kier molecular flexibility index (Phi) is 4.59. The van der Waals surface area contributed by atoms with Crippen LogP contribution in [0.3, 0.4) is 0 Å². The number of amides is 1. The SMILES string of the molecule is CCOC(=O)[C@@H]1[C@H]2CN(C(=O)c3n[nH]c4c3CCCC4)C[C@@H]2C=C[C@@H]1C. The molecule has 4 rings (SSSR count). The number of fused-ring (bicyclic) bond motifs is 2. The smallest absolute Gasteiger partial charge is 0.309 e. The van der Waals surface area contributed by atoms with Gasteiger partial charge in [0, 0.05) is 24.3 Å². The van der Waals surface area contributed by atoms with Crippen LogP contribution in [0.1, 0.15) is 48.4 Å². The summed E-state index contributed by atoms with van der Waals surface area (Å²) >= 11 is 0. The van der Waals surface area contributed by atoms with Gasteiger partial charge in [-0.1, -0.05) is 19.1 Å². The number of aromatic nitrogens is 2. The zero-order valence-corrected chi connectivity index (χ0v) is 15.5. The fourth-order valence-electron chi connectivity index (χ4n) is 4.87. The number of nitrogens with one attached hydrogen (secondary N) is 1. The van der Waals surface area contributed by atoms with E-state index < -0.39 is 0 Å². The van der Waals surface area contributed by atoms with Crippen molar-refractivity contribution in [3.8, 4) is 0 Å². The first-order valence-corrected chi connectivity index (χ1v) is 9.80. The number of ether oxygens (including phenoxy) is 1. The highest BCUT2D eigenvalue weighted by molar-refractivity contribution is 5.94. The quantitative estimate of drug-likeness (QED) is 0.666. The maximum Gasteiger partial charge on any atom is 0.309 e. The van der Waals surface area contributed by atoms with Crippen molar-refractivity contribution in [1.29, 1.82) is 0 Å². The summed E-state index contributed by atoms with van der Waals surface area (Å²) < 4.78 is 5.31. The van der Waals surface area contributed by atoms with Gasteiger partial charge in [0.05, 0.1) is 12.5 Å². The molecule has 1 aliphatic heterocycles. The summed E-state index contributed by atoms with van der Waals surface area (Å²) in [5.41, 5.74) is 2.80. The molecule has 140 valence electrons. The van der Waals surface area contributed by atoms with E-state index in [0.717, 1.165) is 36.9 Å². The van der Waals surface area contributed by atoms with Gasteiger partial charge in [-0.15, -0.1) is 0 Å². The second kappa shape index (κ2) is 6.89. The first-order chi connectivity index (χ1) is 12.6. The Morgan fingerprint density at radius 2 is 2.08 bits per heavy atom. The number of aryl methyl sites for hydroxylation is 1. The van der Waals surface area contributed by atoms with Crippen molar-refractivity contribution in [3.05, 3.63) is 29.1 Å². The number of likely N-dealkylation sites (tertiary alicyclic amines) is 1. The number of aromatic amines is 1. The van der Waals surface area contributed by atoms with Crippen LogP contribution in [-0.4, -0.2) is 46.7 Å². The number of hydrogen-bond donors (Lipinski definition) is 1. The summed E-state index contributed by atoms with van der Waals surface area (Å²) in [5.74, 6) is 0.194. The third-order valence-corrected chi connectivity index (χ3v) is 6.21. The van der Waals surface area contributed by atoms with Crippen molar-refractivity contribution in [2.24, 2.45) is 23.7 Å². The van der Waals surface area contributed by atoms with Crippen LogP contribution >= 0.6 is 0 Å². The minimum absolute atomic E-state index is 0.00228. The number of rotatable bonds is 3. The van der Waals surface area contributed by atoms with Crippen LogP contribution in [0.25, 0.3) is 0 Å². The van der Waals surface area contributed by atoms with Gasteiger partial charge in [-0.3, -0.25) is 14.7 Å². The zero-order chi connectivity index (χ0) is 18.3. The molecule has 1 amide bonds. The molecule has 26 heavy (non-hydrogen) atoms. The van der Waals surface area contributed by atoms with Crippen LogP contribution in [0.15, 0.2) is 12.2 Å². The molecule has 2 aliphatic carbocycles. The van der Waals surface area contributed by atoms with E-state index in [1.165, 1.54) is 0 Å². The highest BCUT2D eigenvalue weighted by Crippen LogP contribution is 2.40. The molecule has 0 aromatic carbocycles. The highest BCUT2D eigenvalue weighted by atomic mass is 16.5. The average molecular weight is 357 g/mol. The van der Waals surface area contributed by atoms with Gasteiger partial charge in [-0.05, 0) is 50.4 Å². The third-order valence-electron chi connectivity index (χ3n) is 6.21. The largest absolute Gasteiger partial charge is 0.466 e. The molecule has 0 bridgehead atoms. The van der Waals surface area contributed by atoms with E-state index in [1.807, 2.05) is 11.8 Å². The normalized spacial score (nSPS) is 30.0. The summed E-state index contributed by atoms with van der Waals surface area (Å²) in [5, 5.41) is 7.39. The molecule has 6 nitrogen and oxygen atoms in total. The standard InChI is InChI=1S/C20H27N3O3/c1-3-26-20(25)17-12(2)8-9-13-10-23(11-15(13)17)19(24)18-14-6-4-5-7-16(14)21-22-18/h8-9,12-13,15,17H,3-7,10-11H2,1-2H3,(H,21,22)/t12-,13-,15-,17-/m0/s1. The van der Waals surface area contributed by atoms with Crippen molar-refractivity contribution in [2.45, 2.75) is 39.5 Å². The Hall–Kier alpha value is -2.11. The summed E-state index contributed by atoms with van der Waals surface area (Å²) in [7, 11) is 0. The lowest BCUT2D eigenvalue weighted by molar-refractivity contribution is -0.152. The predicted octanol–water partition coefficient (Wildman–Crippen LogP) is 2.36. The summed E-state index contributed by atoms with van der Waals surface area (Å²) in [4.78, 5) is 27.5. The molecular formula is C20H27N3O3. The van der Waals surface area contributed by atoms with Gasteiger partial charge in [0.2, 0.25) is 0 Å². The Morgan fingerprint density at radius 1 is 1.27 bits per heavy atom. The van der Waals surface area contributed by atoms with Crippen LogP contribution < -0.4 is 0 Å². The van der Waals surface area contributed by atoms with E-state index >= 15 is 0 Å². The van der Waals surface area contributed by atoms with Gasteiger partial charge in [-0.25, -0.2) is 0 Å². The average Bonchev–Trinajstić information content (AvgIpc) is 3.25. The Morgan fingerprint density at radius 3 is 2.88 bits per heavy atom. The Balaban J connectivity index is 1.54. The number of carbonyl (C=O) groups excluding carboxylic acids is 2. The van der Waals surface area contributed by atoms with Gasteiger partial charge in [-0.2, -0.15) is 5.10 Å². The number of carbonyl (C=O) groups is 2. The van der Waals surface area contributed by atoms with Crippen LogP contribution in [-0.2, 0) is 22.4 Å². The monoisotopic (exact) mass is 357 g/mol. The van der Waals surface area contributed by atoms with E-state index in [9.17, 15) is 9.59 Å². The predicted molar refractivity (Wildman–Crippen MR) is 96.5 cm³/mol. The van der Waals surface area contributed by atoms with Gasteiger partial charge in [0.25, 0.3) is 5.91 Å². The molecule has 1 fully saturated rings. The first kappa shape index (κ1) is 17.3. The molecule has 0 saturated carbocycles. The maximum absolute atomic E-state index is 13.1. The molecule has 6 heteroatoms. The van der Waals surface area contributed by atoms with Crippen molar-refractivity contribution in [1.82, 2.24) is 15.1 Å². The van der Waals surface area contributed by atoms with Crippen molar-refractivity contribution in [3.63, 3.8) is 0 Å². The first-order valence-electron chi connectivity index (χ1n) is 9.80. The van der Waals surface area contributed by atoms with Crippen LogP contribution in [0.2, 0.25) is 0 Å². The van der Waals surface area contributed by atoms with Crippen LogP contribution in [0, 0.1) is 23.7 Å². The van der Waals surface area contributed by atoms with Gasteiger partial charge in [0.1, 0.15) is 0 Å². The molecular weight excluding hydrogens is 330 g/mol. The van der Waals surface area contributed by atoms with Crippen molar-refractivity contribution >= 4 is 11.9 Å². The highest BCUT2D eigenvalue weighted by Gasteiger charge is 2.46. The summed E-state index contributed by atoms with van der Waals surface area (Å²) in [6, 6.07) is 0. The van der Waals surface area contributed by atoms with Gasteiger partial charge in [0.15, 0.2) is 5.69 Å². The lowest BCUT2D eigenvalue weighted by Gasteiger charge is -2.31. The fraction of sp³-hybridized carbons (Fsp3) is 0.650. The molecule has 4 atom stereocenters. The van der Waals surface area contributed by atoms with E-state index in [0.29, 0.717) is 25.4 Å². The molecule has 1 N–H and O–H groups in total. The fourth-order valence-corrected chi connectivity index (χ4v) is 4.87. The molecule has 2 heterocycles. The van der Waals surface area contributed by atoms with E-state index in [4.69, 9.17) is 4.74 Å². The van der Waals surface area contributed by atoms with E-state index in [2.05, 4.69) is 29.3 Å². The second-order valence-corrected chi connectivity index (χ2v) is 7.80. The molecule has 0 spiro atoms.